The summed E-state index contributed by atoms with van der Waals surface area (Å²) in [6.07, 6.45) is 0.720. The number of fused-ring (bicyclic) bond motifs is 1. The molecule has 182 valence electrons. The normalized spacial score (nSPS) is 12.8. The molecular weight excluding hydrogens is 470 g/mol. The molecule has 0 saturated carbocycles. The molecule has 3 aromatic carbocycles. The van der Waals surface area contributed by atoms with E-state index in [-0.39, 0.29) is 23.3 Å². The number of ether oxygens (including phenoxy) is 2. The third-order valence-electron chi connectivity index (χ3n) is 5.30. The summed E-state index contributed by atoms with van der Waals surface area (Å²) in [5, 5.41) is 5.35. The number of anilines is 1. The first kappa shape index (κ1) is 24.1. The molecule has 3 N–H and O–H groups in total. The lowest BCUT2D eigenvalue weighted by Crippen LogP contribution is -2.23. The topological polar surface area (TPSA) is 123 Å². The van der Waals surface area contributed by atoms with E-state index in [9.17, 15) is 18.0 Å². The molecule has 0 fully saturated rings. The van der Waals surface area contributed by atoms with Gasteiger partial charge in [-0.1, -0.05) is 12.1 Å². The third kappa shape index (κ3) is 5.90. The highest BCUT2D eigenvalue weighted by Gasteiger charge is 2.19. The highest BCUT2D eigenvalue weighted by molar-refractivity contribution is 7.92. The Hall–Kier alpha value is -4.05. The number of rotatable bonds is 7. The fourth-order valence-corrected chi connectivity index (χ4v) is 4.54. The van der Waals surface area contributed by atoms with Gasteiger partial charge in [0.15, 0.2) is 11.5 Å². The van der Waals surface area contributed by atoms with Crippen LogP contribution in [0.5, 0.6) is 11.5 Å². The highest BCUT2D eigenvalue weighted by Crippen LogP contribution is 2.32. The molecule has 10 heteroatoms. The monoisotopic (exact) mass is 495 g/mol. The van der Waals surface area contributed by atoms with Crippen molar-refractivity contribution in [3.63, 3.8) is 0 Å². The number of carbonyl (C=O) groups excluding carboxylic acids is 2. The van der Waals surface area contributed by atoms with Crippen LogP contribution in [0.15, 0.2) is 71.6 Å². The van der Waals surface area contributed by atoms with Gasteiger partial charge in [-0.25, -0.2) is 8.42 Å². The second kappa shape index (κ2) is 10.5. The zero-order chi connectivity index (χ0) is 24.8. The van der Waals surface area contributed by atoms with Gasteiger partial charge >= 0.3 is 0 Å². The molecule has 2 amide bonds. The lowest BCUT2D eigenvalue weighted by Gasteiger charge is -2.12. The molecule has 0 aliphatic carbocycles. The molecule has 35 heavy (non-hydrogen) atoms. The number of hydrogen-bond acceptors (Lipinski definition) is 6. The van der Waals surface area contributed by atoms with E-state index < -0.39 is 10.0 Å². The first-order valence-electron chi connectivity index (χ1n) is 11.0. The summed E-state index contributed by atoms with van der Waals surface area (Å²) in [6, 6.07) is 17.5. The van der Waals surface area contributed by atoms with Crippen molar-refractivity contribution >= 4 is 27.5 Å². The summed E-state index contributed by atoms with van der Waals surface area (Å²) < 4.78 is 39.3. The van der Waals surface area contributed by atoms with Gasteiger partial charge in [0.05, 0.1) is 18.1 Å². The first-order chi connectivity index (χ1) is 16.9. The summed E-state index contributed by atoms with van der Waals surface area (Å²) >= 11 is 0. The van der Waals surface area contributed by atoms with Gasteiger partial charge in [-0.15, -0.1) is 0 Å². The van der Waals surface area contributed by atoms with Crippen molar-refractivity contribution in [2.75, 3.05) is 25.0 Å². The SMILES string of the molecule is CNC(=O)c1cccc(CNC(=O)c2ccc(NS(=O)(=O)c3ccc4c(c3)OCCCO4)cc2)c1. The zero-order valence-electron chi connectivity index (χ0n) is 19.0. The summed E-state index contributed by atoms with van der Waals surface area (Å²) in [5.41, 5.74) is 1.96. The highest BCUT2D eigenvalue weighted by atomic mass is 32.2. The van der Waals surface area contributed by atoms with Gasteiger partial charge in [0, 0.05) is 42.9 Å². The fraction of sp³-hybridized carbons (Fsp3) is 0.200. The van der Waals surface area contributed by atoms with Gasteiger partial charge < -0.3 is 20.1 Å². The van der Waals surface area contributed by atoms with Crippen LogP contribution in [-0.4, -0.2) is 40.5 Å². The molecular formula is C25H25N3O6S. The van der Waals surface area contributed by atoms with E-state index >= 15 is 0 Å². The van der Waals surface area contributed by atoms with Gasteiger partial charge in [-0.05, 0) is 54.1 Å². The lowest BCUT2D eigenvalue weighted by atomic mass is 10.1. The molecule has 0 radical (unpaired) electrons. The van der Waals surface area contributed by atoms with E-state index in [0.717, 1.165) is 12.0 Å². The molecule has 0 atom stereocenters. The Morgan fingerprint density at radius 3 is 2.34 bits per heavy atom. The summed E-state index contributed by atoms with van der Waals surface area (Å²) in [6.45, 7) is 1.20. The number of carbonyl (C=O) groups is 2. The molecule has 4 rings (SSSR count). The maximum atomic E-state index is 12.8. The van der Waals surface area contributed by atoms with Gasteiger partial charge in [-0.2, -0.15) is 0 Å². The van der Waals surface area contributed by atoms with Crippen LogP contribution in [0.25, 0.3) is 0 Å². The van der Waals surface area contributed by atoms with Crippen LogP contribution >= 0.6 is 0 Å². The molecule has 0 bridgehead atoms. The first-order valence-corrected chi connectivity index (χ1v) is 12.5. The Labute approximate surface area is 203 Å². The smallest absolute Gasteiger partial charge is 0.262 e. The largest absolute Gasteiger partial charge is 0.490 e. The molecule has 0 unspecified atom stereocenters. The van der Waals surface area contributed by atoms with Gasteiger partial charge in [-0.3, -0.25) is 14.3 Å². The standard InChI is InChI=1S/C25H25N3O6S/c1-26-24(29)19-5-2-4-17(14-19)16-27-25(30)18-6-8-20(9-7-18)28-35(31,32)21-10-11-22-23(15-21)34-13-3-12-33-22/h2,4-11,14-15,28H,3,12-13,16H2,1H3,(H,26,29)(H,27,30). The molecule has 1 aliphatic rings. The molecule has 0 aromatic heterocycles. The van der Waals surface area contributed by atoms with Gasteiger partial charge in [0.25, 0.3) is 21.8 Å². The predicted octanol–water partition coefficient (Wildman–Crippen LogP) is 2.94. The van der Waals surface area contributed by atoms with E-state index in [4.69, 9.17) is 9.47 Å². The van der Waals surface area contributed by atoms with E-state index in [0.29, 0.717) is 41.5 Å². The molecule has 3 aromatic rings. The fourth-order valence-electron chi connectivity index (χ4n) is 3.47. The number of hydrogen-bond donors (Lipinski definition) is 3. The van der Waals surface area contributed by atoms with Crippen molar-refractivity contribution in [2.45, 2.75) is 17.9 Å². The maximum absolute atomic E-state index is 12.8. The van der Waals surface area contributed by atoms with Gasteiger partial charge in [0.1, 0.15) is 0 Å². The summed E-state index contributed by atoms with van der Waals surface area (Å²) in [4.78, 5) is 24.3. The summed E-state index contributed by atoms with van der Waals surface area (Å²) in [5.74, 6) is 0.367. The molecule has 0 spiro atoms. The number of sulfonamides is 1. The Balaban J connectivity index is 1.39. The Kier molecular flexibility index (Phi) is 7.21. The zero-order valence-corrected chi connectivity index (χ0v) is 19.9. The third-order valence-corrected chi connectivity index (χ3v) is 6.68. The maximum Gasteiger partial charge on any atom is 0.262 e. The molecule has 1 heterocycles. The van der Waals surface area contributed by atoms with Gasteiger partial charge in [0.2, 0.25) is 0 Å². The molecule has 1 aliphatic heterocycles. The van der Waals surface area contributed by atoms with Crippen molar-refractivity contribution in [1.29, 1.82) is 0 Å². The van der Waals surface area contributed by atoms with Crippen LogP contribution in [0, 0.1) is 0 Å². The summed E-state index contributed by atoms with van der Waals surface area (Å²) in [7, 11) is -2.32. The van der Waals surface area contributed by atoms with Crippen molar-refractivity contribution in [1.82, 2.24) is 10.6 Å². The van der Waals surface area contributed by atoms with E-state index in [2.05, 4.69) is 15.4 Å². The molecule has 9 nitrogen and oxygen atoms in total. The van der Waals surface area contributed by atoms with Crippen LogP contribution < -0.4 is 24.8 Å². The predicted molar refractivity (Wildman–Crippen MR) is 130 cm³/mol. The van der Waals surface area contributed by atoms with Crippen molar-refractivity contribution in [3.8, 4) is 11.5 Å². The number of nitrogens with one attached hydrogen (secondary N) is 3. The second-order valence-electron chi connectivity index (χ2n) is 7.80. The van der Waals surface area contributed by atoms with Crippen molar-refractivity contribution < 1.29 is 27.5 Å². The average molecular weight is 496 g/mol. The number of amides is 2. The van der Waals surface area contributed by atoms with E-state index in [1.807, 2.05) is 6.07 Å². The van der Waals surface area contributed by atoms with Crippen molar-refractivity contribution in [2.24, 2.45) is 0 Å². The van der Waals surface area contributed by atoms with Crippen molar-refractivity contribution in [3.05, 3.63) is 83.4 Å². The Morgan fingerprint density at radius 2 is 1.60 bits per heavy atom. The average Bonchev–Trinajstić information content (AvgIpc) is 3.12. The Morgan fingerprint density at radius 1 is 0.857 bits per heavy atom. The molecule has 0 saturated heterocycles. The van der Waals surface area contributed by atoms with Crippen LogP contribution in [0.3, 0.4) is 0 Å². The van der Waals surface area contributed by atoms with Crippen LogP contribution in [0.4, 0.5) is 5.69 Å². The number of benzene rings is 3. The minimum atomic E-state index is -3.87. The van der Waals surface area contributed by atoms with Crippen LogP contribution in [0.2, 0.25) is 0 Å². The Bertz CT molecular complexity index is 1340. The van der Waals surface area contributed by atoms with E-state index in [1.54, 1.807) is 31.3 Å². The quantitative estimate of drug-likeness (QED) is 0.463. The second-order valence-corrected chi connectivity index (χ2v) is 9.49. The van der Waals surface area contributed by atoms with Crippen LogP contribution in [-0.2, 0) is 16.6 Å². The minimum Gasteiger partial charge on any atom is -0.490 e. The lowest BCUT2D eigenvalue weighted by molar-refractivity contribution is 0.0948. The van der Waals surface area contributed by atoms with E-state index in [1.165, 1.54) is 36.4 Å². The minimum absolute atomic E-state index is 0.0440. The van der Waals surface area contributed by atoms with Crippen LogP contribution in [0.1, 0.15) is 32.7 Å².